The van der Waals surface area contributed by atoms with Gasteiger partial charge in [0.25, 0.3) is 0 Å². The van der Waals surface area contributed by atoms with Crippen molar-refractivity contribution in [2.45, 2.75) is 38.6 Å². The summed E-state index contributed by atoms with van der Waals surface area (Å²) in [6, 6.07) is 11.0. The third-order valence-electron chi connectivity index (χ3n) is 4.35. The summed E-state index contributed by atoms with van der Waals surface area (Å²) in [4.78, 5) is 4.75. The Morgan fingerprint density at radius 3 is 2.60 bits per heavy atom. The van der Waals surface area contributed by atoms with Crippen molar-refractivity contribution in [3.63, 3.8) is 0 Å². The largest absolute Gasteiger partial charge is 0.387 e. The molecular formula is C17H23N3. The maximum atomic E-state index is 4.75. The first-order chi connectivity index (χ1) is 9.76. The quantitative estimate of drug-likeness (QED) is 0.874. The van der Waals surface area contributed by atoms with E-state index >= 15 is 0 Å². The van der Waals surface area contributed by atoms with Crippen LogP contribution in [0.3, 0.4) is 0 Å². The van der Waals surface area contributed by atoms with E-state index in [4.69, 9.17) is 4.98 Å². The van der Waals surface area contributed by atoms with Gasteiger partial charge >= 0.3 is 0 Å². The minimum Gasteiger partial charge on any atom is -0.387 e. The van der Waals surface area contributed by atoms with E-state index in [1.54, 1.807) is 0 Å². The molecule has 20 heavy (non-hydrogen) atoms. The van der Waals surface area contributed by atoms with Gasteiger partial charge in [-0.3, -0.25) is 0 Å². The molecule has 0 aliphatic heterocycles. The number of para-hydroxylation sites is 1. The van der Waals surface area contributed by atoms with Crippen LogP contribution in [0.15, 0.2) is 30.3 Å². The van der Waals surface area contributed by atoms with Gasteiger partial charge in [-0.05, 0) is 37.7 Å². The van der Waals surface area contributed by atoms with E-state index in [0.29, 0.717) is 6.04 Å². The number of pyridine rings is 1. The highest BCUT2D eigenvalue weighted by Gasteiger charge is 2.18. The Bertz CT molecular complexity index is 586. The molecule has 1 fully saturated rings. The maximum absolute atomic E-state index is 4.75. The van der Waals surface area contributed by atoms with Gasteiger partial charge in [0, 0.05) is 30.2 Å². The van der Waals surface area contributed by atoms with Crippen LogP contribution in [0.5, 0.6) is 0 Å². The zero-order chi connectivity index (χ0) is 13.9. The van der Waals surface area contributed by atoms with Gasteiger partial charge < -0.3 is 10.6 Å². The van der Waals surface area contributed by atoms with Crippen LogP contribution in [0, 0.1) is 5.92 Å². The summed E-state index contributed by atoms with van der Waals surface area (Å²) >= 11 is 0. The molecule has 0 unspecified atom stereocenters. The fourth-order valence-corrected chi connectivity index (χ4v) is 3.07. The SMILES string of the molecule is CNc1cc(NC2CCC(C)CC2)nc2ccccc12. The Kier molecular flexibility index (Phi) is 3.77. The van der Waals surface area contributed by atoms with E-state index in [0.717, 1.165) is 22.9 Å². The normalized spacial score (nSPS) is 22.7. The Morgan fingerprint density at radius 2 is 1.85 bits per heavy atom. The van der Waals surface area contributed by atoms with Crippen LogP contribution in [0.25, 0.3) is 10.9 Å². The standard InChI is InChI=1S/C17H23N3/c1-12-7-9-13(10-8-12)19-17-11-16(18-2)14-5-3-4-6-15(14)20-17/h3-6,11-13H,7-10H2,1-2H3,(H2,18,19,20). The number of rotatable bonds is 3. The van der Waals surface area contributed by atoms with Gasteiger partial charge in [-0.15, -0.1) is 0 Å². The van der Waals surface area contributed by atoms with E-state index in [9.17, 15) is 0 Å². The molecule has 2 aromatic rings. The van der Waals surface area contributed by atoms with Gasteiger partial charge in [0.2, 0.25) is 0 Å². The maximum Gasteiger partial charge on any atom is 0.128 e. The first-order valence-electron chi connectivity index (χ1n) is 7.60. The molecule has 2 N–H and O–H groups in total. The summed E-state index contributed by atoms with van der Waals surface area (Å²) in [7, 11) is 1.97. The van der Waals surface area contributed by atoms with E-state index in [2.05, 4.69) is 41.8 Å². The Balaban J connectivity index is 1.84. The topological polar surface area (TPSA) is 37.0 Å². The van der Waals surface area contributed by atoms with Gasteiger partial charge in [0.1, 0.15) is 5.82 Å². The van der Waals surface area contributed by atoms with Crippen LogP contribution in [0.1, 0.15) is 32.6 Å². The first-order valence-corrected chi connectivity index (χ1v) is 7.60. The molecule has 1 aliphatic carbocycles. The van der Waals surface area contributed by atoms with E-state index in [1.807, 2.05) is 13.1 Å². The Hall–Kier alpha value is -1.77. The molecule has 1 aromatic heterocycles. The lowest BCUT2D eigenvalue weighted by Crippen LogP contribution is -2.25. The van der Waals surface area contributed by atoms with Crippen LogP contribution >= 0.6 is 0 Å². The average molecular weight is 269 g/mol. The molecule has 0 radical (unpaired) electrons. The number of aromatic nitrogens is 1. The Morgan fingerprint density at radius 1 is 1.10 bits per heavy atom. The number of hydrogen-bond acceptors (Lipinski definition) is 3. The van der Waals surface area contributed by atoms with Crippen molar-refractivity contribution in [2.24, 2.45) is 5.92 Å². The minimum atomic E-state index is 0.574. The molecule has 1 saturated carbocycles. The summed E-state index contributed by atoms with van der Waals surface area (Å²) in [5.41, 5.74) is 2.19. The van der Waals surface area contributed by atoms with Gasteiger partial charge in [-0.2, -0.15) is 0 Å². The highest BCUT2D eigenvalue weighted by Crippen LogP contribution is 2.28. The zero-order valence-corrected chi connectivity index (χ0v) is 12.3. The average Bonchev–Trinajstić information content (AvgIpc) is 2.49. The van der Waals surface area contributed by atoms with Gasteiger partial charge in [-0.25, -0.2) is 4.98 Å². The minimum absolute atomic E-state index is 0.574. The number of anilines is 2. The van der Waals surface area contributed by atoms with Crippen molar-refractivity contribution < 1.29 is 0 Å². The van der Waals surface area contributed by atoms with Crippen molar-refractivity contribution in [2.75, 3.05) is 17.7 Å². The van der Waals surface area contributed by atoms with Crippen LogP contribution in [-0.4, -0.2) is 18.1 Å². The second kappa shape index (κ2) is 5.70. The van der Waals surface area contributed by atoms with Crippen LogP contribution in [0.4, 0.5) is 11.5 Å². The van der Waals surface area contributed by atoms with Crippen molar-refractivity contribution in [1.29, 1.82) is 0 Å². The lowest BCUT2D eigenvalue weighted by atomic mass is 9.87. The van der Waals surface area contributed by atoms with Crippen LogP contribution < -0.4 is 10.6 Å². The van der Waals surface area contributed by atoms with E-state index < -0.39 is 0 Å². The fourth-order valence-electron chi connectivity index (χ4n) is 3.07. The third kappa shape index (κ3) is 2.72. The molecule has 0 atom stereocenters. The smallest absolute Gasteiger partial charge is 0.128 e. The summed E-state index contributed by atoms with van der Waals surface area (Å²) in [6.45, 7) is 2.35. The molecule has 0 spiro atoms. The number of fused-ring (bicyclic) bond motifs is 1. The fraction of sp³-hybridized carbons (Fsp3) is 0.471. The first kappa shape index (κ1) is 13.2. The lowest BCUT2D eigenvalue weighted by Gasteiger charge is -2.27. The molecular weight excluding hydrogens is 246 g/mol. The van der Waals surface area contributed by atoms with Crippen molar-refractivity contribution >= 4 is 22.4 Å². The van der Waals surface area contributed by atoms with Crippen LogP contribution in [0.2, 0.25) is 0 Å². The van der Waals surface area contributed by atoms with E-state index in [-0.39, 0.29) is 0 Å². The molecule has 3 nitrogen and oxygen atoms in total. The molecule has 106 valence electrons. The number of hydrogen-bond donors (Lipinski definition) is 2. The van der Waals surface area contributed by atoms with Gasteiger partial charge in [0.05, 0.1) is 5.52 Å². The third-order valence-corrected chi connectivity index (χ3v) is 4.35. The Labute approximate surface area is 120 Å². The second-order valence-corrected chi connectivity index (χ2v) is 5.92. The number of nitrogens with zero attached hydrogens (tertiary/aromatic N) is 1. The monoisotopic (exact) mass is 269 g/mol. The molecule has 0 saturated heterocycles. The molecule has 1 heterocycles. The van der Waals surface area contributed by atoms with Gasteiger partial charge in [-0.1, -0.05) is 25.1 Å². The highest BCUT2D eigenvalue weighted by molar-refractivity contribution is 5.92. The van der Waals surface area contributed by atoms with Crippen molar-refractivity contribution in [3.8, 4) is 0 Å². The molecule has 1 aromatic carbocycles. The summed E-state index contributed by atoms with van der Waals surface area (Å²) < 4.78 is 0. The lowest BCUT2D eigenvalue weighted by molar-refractivity contribution is 0.361. The second-order valence-electron chi connectivity index (χ2n) is 5.92. The number of benzene rings is 1. The van der Waals surface area contributed by atoms with Crippen molar-refractivity contribution in [1.82, 2.24) is 4.98 Å². The zero-order valence-electron chi connectivity index (χ0n) is 12.3. The van der Waals surface area contributed by atoms with Gasteiger partial charge in [0.15, 0.2) is 0 Å². The predicted octanol–water partition coefficient (Wildman–Crippen LogP) is 4.27. The molecule has 3 heteroatoms. The molecule has 0 amide bonds. The van der Waals surface area contributed by atoms with Crippen molar-refractivity contribution in [3.05, 3.63) is 30.3 Å². The number of nitrogens with one attached hydrogen (secondary N) is 2. The molecule has 3 rings (SSSR count). The van der Waals surface area contributed by atoms with E-state index in [1.165, 1.54) is 31.1 Å². The van der Waals surface area contributed by atoms with Crippen LogP contribution in [-0.2, 0) is 0 Å². The summed E-state index contributed by atoms with van der Waals surface area (Å²) in [6.07, 6.45) is 5.16. The highest BCUT2D eigenvalue weighted by atomic mass is 15.0. The molecule has 0 bridgehead atoms. The summed E-state index contributed by atoms with van der Waals surface area (Å²) in [5.74, 6) is 1.87. The summed E-state index contributed by atoms with van der Waals surface area (Å²) in [5, 5.41) is 8.07. The molecule has 1 aliphatic rings. The predicted molar refractivity (Wildman–Crippen MR) is 86.3 cm³/mol.